The van der Waals surface area contributed by atoms with Gasteiger partial charge in [0.2, 0.25) is 5.91 Å². The zero-order valence-corrected chi connectivity index (χ0v) is 18.4. The van der Waals surface area contributed by atoms with Crippen molar-refractivity contribution >= 4 is 39.1 Å². The lowest BCUT2D eigenvalue weighted by Crippen LogP contribution is -2.27. The Labute approximate surface area is 188 Å². The van der Waals surface area contributed by atoms with E-state index in [0.717, 1.165) is 11.1 Å². The van der Waals surface area contributed by atoms with Crippen molar-refractivity contribution in [3.05, 3.63) is 82.2 Å². The molecule has 2 aromatic heterocycles. The van der Waals surface area contributed by atoms with E-state index in [9.17, 15) is 14.4 Å². The zero-order valence-electron chi connectivity index (χ0n) is 17.6. The Hall–Kier alpha value is -3.78. The Morgan fingerprint density at radius 2 is 1.91 bits per heavy atom. The number of nitrogens with one attached hydrogen (secondary N) is 1. The molecule has 0 unspecified atom stereocenters. The maximum Gasteiger partial charge on any atom is 0.338 e. The average Bonchev–Trinajstić information content (AvgIpc) is 3.21. The predicted molar refractivity (Wildman–Crippen MR) is 125 cm³/mol. The van der Waals surface area contributed by atoms with Gasteiger partial charge in [-0.15, -0.1) is 11.3 Å². The molecule has 0 radical (unpaired) electrons. The minimum atomic E-state index is -0.465. The van der Waals surface area contributed by atoms with Gasteiger partial charge in [0, 0.05) is 16.6 Å². The second-order valence-electron chi connectivity index (χ2n) is 7.46. The fraction of sp³-hybridized carbons (Fsp3) is 0.167. The molecule has 0 saturated carbocycles. The maximum absolute atomic E-state index is 13.1. The van der Waals surface area contributed by atoms with Crippen molar-refractivity contribution in [3.63, 3.8) is 0 Å². The highest BCUT2D eigenvalue weighted by atomic mass is 32.1. The maximum atomic E-state index is 13.1. The molecule has 4 rings (SSSR count). The Kier molecular flexibility index (Phi) is 6.13. The van der Waals surface area contributed by atoms with E-state index in [2.05, 4.69) is 10.3 Å². The van der Waals surface area contributed by atoms with E-state index >= 15 is 0 Å². The second kappa shape index (κ2) is 9.15. The molecule has 0 aliphatic rings. The largest absolute Gasteiger partial charge is 0.459 e. The van der Waals surface area contributed by atoms with Crippen molar-refractivity contribution in [3.8, 4) is 11.1 Å². The number of anilines is 1. The molecule has 32 heavy (non-hydrogen) atoms. The average molecular weight is 448 g/mol. The highest BCUT2D eigenvalue weighted by Gasteiger charge is 2.15. The van der Waals surface area contributed by atoms with E-state index < -0.39 is 11.9 Å². The van der Waals surface area contributed by atoms with Gasteiger partial charge in [-0.05, 0) is 37.6 Å². The van der Waals surface area contributed by atoms with Crippen molar-refractivity contribution in [1.29, 1.82) is 0 Å². The van der Waals surface area contributed by atoms with Crippen molar-refractivity contribution in [2.24, 2.45) is 0 Å². The quantitative estimate of drug-likeness (QED) is 0.445. The summed E-state index contributed by atoms with van der Waals surface area (Å²) in [5, 5.41) is 5.12. The number of ether oxygens (including phenoxy) is 1. The van der Waals surface area contributed by atoms with E-state index in [1.807, 2.05) is 35.7 Å². The topological polar surface area (TPSA) is 90.3 Å². The highest BCUT2D eigenvalue weighted by Crippen LogP contribution is 2.30. The molecule has 1 N–H and O–H groups in total. The summed E-state index contributed by atoms with van der Waals surface area (Å²) in [6, 6.07) is 16.1. The molecule has 0 aliphatic carbocycles. The number of fused-ring (bicyclic) bond motifs is 1. The second-order valence-corrected chi connectivity index (χ2v) is 8.31. The normalized spacial score (nSPS) is 11.0. The van der Waals surface area contributed by atoms with Crippen LogP contribution in [-0.2, 0) is 16.1 Å². The molecule has 0 aliphatic heterocycles. The first-order valence-corrected chi connectivity index (χ1v) is 10.9. The van der Waals surface area contributed by atoms with Crippen LogP contribution in [0.3, 0.4) is 0 Å². The molecule has 8 heteroatoms. The van der Waals surface area contributed by atoms with E-state index in [1.54, 1.807) is 38.1 Å². The van der Waals surface area contributed by atoms with Gasteiger partial charge < -0.3 is 10.1 Å². The lowest BCUT2D eigenvalue weighted by atomic mass is 10.1. The summed E-state index contributed by atoms with van der Waals surface area (Å²) >= 11 is 1.39. The number of aromatic nitrogens is 2. The molecule has 1 amide bonds. The molecule has 0 spiro atoms. The molecule has 2 aromatic carbocycles. The van der Waals surface area contributed by atoms with Crippen LogP contribution in [0.25, 0.3) is 21.3 Å². The Balaban J connectivity index is 1.55. The standard InChI is InChI=1S/C24H21N3O4S/c1-15(2)31-24(30)17-9-6-10-18(11-17)26-20(28)12-27-14-25-22-21(23(27)29)19(13-32-22)16-7-4-3-5-8-16/h3-11,13-15H,12H2,1-2H3,(H,26,28). The molecule has 0 saturated heterocycles. The number of nitrogens with zero attached hydrogens (tertiary/aromatic N) is 2. The molecule has 4 aromatic rings. The molecule has 7 nitrogen and oxygen atoms in total. The number of carbonyl (C=O) groups is 2. The lowest BCUT2D eigenvalue weighted by molar-refractivity contribution is -0.116. The smallest absolute Gasteiger partial charge is 0.338 e. The van der Waals surface area contributed by atoms with E-state index in [0.29, 0.717) is 21.5 Å². The van der Waals surface area contributed by atoms with Gasteiger partial charge in [0.15, 0.2) is 0 Å². The van der Waals surface area contributed by atoms with Crippen LogP contribution in [0.5, 0.6) is 0 Å². The van der Waals surface area contributed by atoms with Crippen LogP contribution in [0.15, 0.2) is 71.1 Å². The van der Waals surface area contributed by atoms with E-state index in [-0.39, 0.29) is 18.2 Å². The Bertz CT molecular complexity index is 1340. The van der Waals surface area contributed by atoms with Gasteiger partial charge in [0.1, 0.15) is 11.4 Å². The number of amides is 1. The van der Waals surface area contributed by atoms with Gasteiger partial charge in [-0.1, -0.05) is 36.4 Å². The number of thiophene rings is 1. The molecule has 0 bridgehead atoms. The van der Waals surface area contributed by atoms with Crippen LogP contribution < -0.4 is 10.9 Å². The highest BCUT2D eigenvalue weighted by molar-refractivity contribution is 7.17. The molecule has 0 fully saturated rings. The van der Waals surface area contributed by atoms with Crippen molar-refractivity contribution in [1.82, 2.24) is 9.55 Å². The fourth-order valence-electron chi connectivity index (χ4n) is 3.27. The molecule has 162 valence electrons. The van der Waals surface area contributed by atoms with Gasteiger partial charge in [-0.2, -0.15) is 0 Å². The van der Waals surface area contributed by atoms with Crippen LogP contribution >= 0.6 is 11.3 Å². The number of esters is 1. The van der Waals surface area contributed by atoms with Crippen LogP contribution in [0, 0.1) is 0 Å². The summed E-state index contributed by atoms with van der Waals surface area (Å²) in [5.74, 6) is -0.869. The van der Waals surface area contributed by atoms with Gasteiger partial charge >= 0.3 is 5.97 Å². The van der Waals surface area contributed by atoms with Gasteiger partial charge in [-0.25, -0.2) is 9.78 Å². The minimum Gasteiger partial charge on any atom is -0.459 e. The van der Waals surface area contributed by atoms with E-state index in [1.165, 1.54) is 22.2 Å². The third-order valence-electron chi connectivity index (χ3n) is 4.68. The number of benzene rings is 2. The zero-order chi connectivity index (χ0) is 22.7. The number of hydrogen-bond donors (Lipinski definition) is 1. The first kappa shape index (κ1) is 21.5. The summed E-state index contributed by atoms with van der Waals surface area (Å²) in [5.41, 5.74) is 2.22. The van der Waals surface area contributed by atoms with Gasteiger partial charge in [0.05, 0.1) is 23.4 Å². The SMILES string of the molecule is CC(C)OC(=O)c1cccc(NC(=O)Cn2cnc3scc(-c4ccccc4)c3c2=O)c1. The molecular formula is C24H21N3O4S. The number of hydrogen-bond acceptors (Lipinski definition) is 6. The number of rotatable bonds is 6. The Morgan fingerprint density at radius 1 is 1.12 bits per heavy atom. The monoisotopic (exact) mass is 447 g/mol. The van der Waals surface area contributed by atoms with Gasteiger partial charge in [-0.3, -0.25) is 14.2 Å². The first-order chi connectivity index (χ1) is 15.4. The van der Waals surface area contributed by atoms with Crippen LogP contribution in [0.4, 0.5) is 5.69 Å². The predicted octanol–water partition coefficient (Wildman–Crippen LogP) is 4.33. The fourth-order valence-corrected chi connectivity index (χ4v) is 4.18. The molecule has 2 heterocycles. The summed E-state index contributed by atoms with van der Waals surface area (Å²) in [6.07, 6.45) is 1.14. The Morgan fingerprint density at radius 3 is 2.66 bits per heavy atom. The molecular weight excluding hydrogens is 426 g/mol. The first-order valence-electron chi connectivity index (χ1n) is 10.1. The number of carbonyl (C=O) groups excluding carboxylic acids is 2. The summed E-state index contributed by atoms with van der Waals surface area (Å²) in [7, 11) is 0. The molecule has 0 atom stereocenters. The van der Waals surface area contributed by atoms with E-state index in [4.69, 9.17) is 4.74 Å². The van der Waals surface area contributed by atoms with Crippen molar-refractivity contribution in [2.45, 2.75) is 26.5 Å². The third-order valence-corrected chi connectivity index (χ3v) is 5.57. The van der Waals surface area contributed by atoms with Crippen LogP contribution in [0.1, 0.15) is 24.2 Å². The van der Waals surface area contributed by atoms with Crippen LogP contribution in [0.2, 0.25) is 0 Å². The summed E-state index contributed by atoms with van der Waals surface area (Å²) < 4.78 is 6.47. The van der Waals surface area contributed by atoms with Crippen molar-refractivity contribution < 1.29 is 14.3 Å². The third kappa shape index (κ3) is 4.60. The summed E-state index contributed by atoms with van der Waals surface area (Å²) in [4.78, 5) is 42.8. The van der Waals surface area contributed by atoms with Crippen LogP contribution in [-0.4, -0.2) is 27.5 Å². The van der Waals surface area contributed by atoms with Gasteiger partial charge in [0.25, 0.3) is 5.56 Å². The van der Waals surface area contributed by atoms with Crippen molar-refractivity contribution in [2.75, 3.05) is 5.32 Å². The summed E-state index contributed by atoms with van der Waals surface area (Å²) in [6.45, 7) is 3.33. The lowest BCUT2D eigenvalue weighted by Gasteiger charge is -2.10. The minimum absolute atomic E-state index is 0.202.